The van der Waals surface area contributed by atoms with Crippen molar-refractivity contribution in [3.05, 3.63) is 0 Å². The Hall–Kier alpha value is -1.10. The van der Waals surface area contributed by atoms with Gasteiger partial charge in [-0.3, -0.25) is 14.5 Å². The van der Waals surface area contributed by atoms with Gasteiger partial charge in [0.1, 0.15) is 0 Å². The number of esters is 1. The number of hydrogen-bond donors (Lipinski definition) is 0. The van der Waals surface area contributed by atoms with Crippen LogP contribution >= 0.6 is 0 Å². The summed E-state index contributed by atoms with van der Waals surface area (Å²) in [5, 5.41) is 0. The molecule has 2 heterocycles. The molecule has 21 heavy (non-hydrogen) atoms. The topological polar surface area (TPSA) is 49.9 Å². The fourth-order valence-corrected chi connectivity index (χ4v) is 3.43. The summed E-state index contributed by atoms with van der Waals surface area (Å²) in [6, 6.07) is -0.129. The lowest BCUT2D eigenvalue weighted by Gasteiger charge is -2.37. The smallest absolute Gasteiger partial charge is 0.309 e. The predicted molar refractivity (Wildman–Crippen MR) is 80.8 cm³/mol. The van der Waals surface area contributed by atoms with Crippen LogP contribution in [-0.4, -0.2) is 61.0 Å². The zero-order valence-corrected chi connectivity index (χ0v) is 13.3. The fourth-order valence-electron chi connectivity index (χ4n) is 3.43. The lowest BCUT2D eigenvalue weighted by atomic mass is 9.97. The van der Waals surface area contributed by atoms with E-state index in [1.807, 2.05) is 11.8 Å². The molecule has 0 aliphatic carbocycles. The van der Waals surface area contributed by atoms with Crippen LogP contribution in [0.1, 0.15) is 45.4 Å². The van der Waals surface area contributed by atoms with Gasteiger partial charge < -0.3 is 9.64 Å². The monoisotopic (exact) mass is 296 g/mol. The second-order valence-electron chi connectivity index (χ2n) is 6.27. The molecule has 2 fully saturated rings. The van der Waals surface area contributed by atoms with Gasteiger partial charge in [0.15, 0.2) is 0 Å². The van der Waals surface area contributed by atoms with Crippen molar-refractivity contribution in [2.45, 2.75) is 51.5 Å². The van der Waals surface area contributed by atoms with Crippen molar-refractivity contribution >= 4 is 11.9 Å². The van der Waals surface area contributed by atoms with E-state index in [-0.39, 0.29) is 23.8 Å². The number of methoxy groups -OCH3 is 1. The number of amides is 1. The number of ether oxygens (including phenoxy) is 1. The summed E-state index contributed by atoms with van der Waals surface area (Å²) >= 11 is 0. The molecule has 1 amide bonds. The third-order valence-corrected chi connectivity index (χ3v) is 4.81. The SMILES string of the molecule is COC(=O)[C@H]1CCCN(C(C)C(=O)N2CCCCCC2)C1. The largest absolute Gasteiger partial charge is 0.469 e. The summed E-state index contributed by atoms with van der Waals surface area (Å²) in [5.41, 5.74) is 0. The van der Waals surface area contributed by atoms with Crippen molar-refractivity contribution in [2.75, 3.05) is 33.3 Å². The van der Waals surface area contributed by atoms with Crippen LogP contribution in [0.15, 0.2) is 0 Å². The van der Waals surface area contributed by atoms with Crippen molar-refractivity contribution < 1.29 is 14.3 Å². The summed E-state index contributed by atoms with van der Waals surface area (Å²) < 4.78 is 4.85. The highest BCUT2D eigenvalue weighted by Gasteiger charge is 2.33. The van der Waals surface area contributed by atoms with Crippen LogP contribution in [0.3, 0.4) is 0 Å². The van der Waals surface area contributed by atoms with Crippen LogP contribution in [0.4, 0.5) is 0 Å². The highest BCUT2D eigenvalue weighted by molar-refractivity contribution is 5.81. The van der Waals surface area contributed by atoms with Gasteiger partial charge in [-0.25, -0.2) is 0 Å². The first-order valence-electron chi connectivity index (χ1n) is 8.24. The fraction of sp³-hybridized carbons (Fsp3) is 0.875. The van der Waals surface area contributed by atoms with Crippen molar-refractivity contribution in [3.63, 3.8) is 0 Å². The van der Waals surface area contributed by atoms with Crippen LogP contribution in [0.5, 0.6) is 0 Å². The molecule has 0 radical (unpaired) electrons. The van der Waals surface area contributed by atoms with E-state index < -0.39 is 0 Å². The molecule has 0 aromatic rings. The number of carbonyl (C=O) groups excluding carboxylic acids is 2. The van der Waals surface area contributed by atoms with Gasteiger partial charge in [-0.05, 0) is 39.2 Å². The maximum absolute atomic E-state index is 12.7. The first-order valence-corrected chi connectivity index (χ1v) is 8.24. The van der Waals surface area contributed by atoms with E-state index in [4.69, 9.17) is 4.74 Å². The van der Waals surface area contributed by atoms with E-state index in [0.717, 1.165) is 45.3 Å². The van der Waals surface area contributed by atoms with Crippen LogP contribution in [0.2, 0.25) is 0 Å². The molecule has 2 rings (SSSR count). The van der Waals surface area contributed by atoms with Crippen molar-refractivity contribution in [2.24, 2.45) is 5.92 Å². The Morgan fingerprint density at radius 2 is 1.71 bits per heavy atom. The van der Waals surface area contributed by atoms with Gasteiger partial charge in [-0.1, -0.05) is 12.8 Å². The Labute approximate surface area is 127 Å². The number of carbonyl (C=O) groups is 2. The quantitative estimate of drug-likeness (QED) is 0.743. The molecule has 0 bridgehead atoms. The van der Waals surface area contributed by atoms with Crippen molar-refractivity contribution in [3.8, 4) is 0 Å². The number of nitrogens with zero attached hydrogens (tertiary/aromatic N) is 2. The molecule has 2 aliphatic rings. The number of piperidine rings is 1. The second-order valence-corrected chi connectivity index (χ2v) is 6.27. The highest BCUT2D eigenvalue weighted by atomic mass is 16.5. The molecule has 5 nitrogen and oxygen atoms in total. The minimum absolute atomic E-state index is 0.0804. The average molecular weight is 296 g/mol. The molecule has 0 aromatic carbocycles. The third kappa shape index (κ3) is 4.19. The molecule has 0 N–H and O–H groups in total. The molecule has 0 saturated carbocycles. The Kier molecular flexibility index (Phi) is 6.03. The standard InChI is InChI=1S/C16H28N2O3/c1-13(15(19)17-9-5-3-4-6-10-17)18-11-7-8-14(12-18)16(20)21-2/h13-14H,3-12H2,1-2H3/t13?,14-/m0/s1. The van der Waals surface area contributed by atoms with E-state index >= 15 is 0 Å². The minimum Gasteiger partial charge on any atom is -0.469 e. The van der Waals surface area contributed by atoms with Crippen LogP contribution in [0, 0.1) is 5.92 Å². The molecule has 1 unspecified atom stereocenters. The van der Waals surface area contributed by atoms with Gasteiger partial charge in [-0.2, -0.15) is 0 Å². The number of hydrogen-bond acceptors (Lipinski definition) is 4. The predicted octanol–water partition coefficient (Wildman–Crippen LogP) is 1.66. The summed E-state index contributed by atoms with van der Waals surface area (Å²) in [5.74, 6) is -0.000305. The molecule has 2 atom stereocenters. The van der Waals surface area contributed by atoms with Crippen LogP contribution in [-0.2, 0) is 14.3 Å². The maximum atomic E-state index is 12.7. The summed E-state index contributed by atoms with van der Waals surface area (Å²) in [4.78, 5) is 28.5. The lowest BCUT2D eigenvalue weighted by Crippen LogP contribution is -2.51. The van der Waals surface area contributed by atoms with Gasteiger partial charge in [0, 0.05) is 19.6 Å². The molecule has 2 saturated heterocycles. The minimum atomic E-state index is -0.144. The van der Waals surface area contributed by atoms with Gasteiger partial charge >= 0.3 is 5.97 Å². The molecule has 5 heteroatoms. The molecule has 0 aromatic heterocycles. The Balaban J connectivity index is 1.92. The molecule has 120 valence electrons. The summed E-state index contributed by atoms with van der Waals surface area (Å²) in [7, 11) is 1.44. The van der Waals surface area contributed by atoms with Crippen LogP contribution in [0.25, 0.3) is 0 Å². The third-order valence-electron chi connectivity index (χ3n) is 4.81. The molecular weight excluding hydrogens is 268 g/mol. The molecule has 0 spiro atoms. The van der Waals surface area contributed by atoms with E-state index in [2.05, 4.69) is 4.90 Å². The number of rotatable bonds is 3. The Morgan fingerprint density at radius 1 is 1.05 bits per heavy atom. The first kappa shape index (κ1) is 16.3. The van der Waals surface area contributed by atoms with Crippen molar-refractivity contribution in [1.82, 2.24) is 9.80 Å². The maximum Gasteiger partial charge on any atom is 0.309 e. The first-order chi connectivity index (χ1) is 10.1. The zero-order chi connectivity index (χ0) is 15.2. The number of likely N-dealkylation sites (tertiary alicyclic amines) is 2. The van der Waals surface area contributed by atoms with Gasteiger partial charge in [0.05, 0.1) is 19.1 Å². The van der Waals surface area contributed by atoms with E-state index in [9.17, 15) is 9.59 Å². The van der Waals surface area contributed by atoms with Crippen LogP contribution < -0.4 is 0 Å². The van der Waals surface area contributed by atoms with E-state index in [1.165, 1.54) is 20.0 Å². The zero-order valence-electron chi connectivity index (χ0n) is 13.3. The van der Waals surface area contributed by atoms with E-state index in [0.29, 0.717) is 6.54 Å². The summed E-state index contributed by atoms with van der Waals surface area (Å²) in [6.45, 7) is 5.30. The second kappa shape index (κ2) is 7.78. The summed E-state index contributed by atoms with van der Waals surface area (Å²) in [6.07, 6.45) is 6.51. The normalized spacial score (nSPS) is 26.0. The highest BCUT2D eigenvalue weighted by Crippen LogP contribution is 2.21. The molecular formula is C16H28N2O3. The van der Waals surface area contributed by atoms with E-state index in [1.54, 1.807) is 0 Å². The van der Waals surface area contributed by atoms with Gasteiger partial charge in [-0.15, -0.1) is 0 Å². The van der Waals surface area contributed by atoms with Crippen molar-refractivity contribution in [1.29, 1.82) is 0 Å². The molecule has 2 aliphatic heterocycles. The lowest BCUT2D eigenvalue weighted by molar-refractivity contribution is -0.149. The van der Waals surface area contributed by atoms with Gasteiger partial charge in [0.2, 0.25) is 5.91 Å². The Bertz CT molecular complexity index is 365. The Morgan fingerprint density at radius 3 is 2.33 bits per heavy atom. The average Bonchev–Trinajstić information content (AvgIpc) is 2.82. The van der Waals surface area contributed by atoms with Gasteiger partial charge in [0.25, 0.3) is 0 Å².